The Morgan fingerprint density at radius 2 is 1.81 bits per heavy atom. The number of ether oxygens (including phenoxy) is 4. The third kappa shape index (κ3) is 6.64. The number of nitrogens with zero attached hydrogens (tertiary/aromatic N) is 2. The highest BCUT2D eigenvalue weighted by atomic mass is 19.3. The Balaban J connectivity index is 1.35. The molecule has 224 valence electrons. The number of rotatable bonds is 9. The highest BCUT2D eigenvalue weighted by Gasteiger charge is 2.55. The summed E-state index contributed by atoms with van der Waals surface area (Å²) in [6, 6.07) is 3.47. The molecule has 16 heteroatoms. The number of carbonyl (C=O) groups is 5. The Hall–Kier alpha value is -5.02. The number of halogens is 2. The number of likely N-dealkylation sites (tertiary alicyclic amines) is 1. The van der Waals surface area contributed by atoms with Crippen molar-refractivity contribution in [2.45, 2.75) is 45.6 Å². The number of alkyl halides is 2. The zero-order valence-electron chi connectivity index (χ0n) is 22.5. The number of pyridine rings is 1. The number of carboxylic acid groups (broad SMARTS) is 1. The van der Waals surface area contributed by atoms with E-state index >= 15 is 0 Å². The van der Waals surface area contributed by atoms with Gasteiger partial charge in [0.15, 0.2) is 17.5 Å². The van der Waals surface area contributed by atoms with Crippen molar-refractivity contribution in [2.75, 3.05) is 12.1 Å². The lowest BCUT2D eigenvalue weighted by Crippen LogP contribution is -2.68. The lowest BCUT2D eigenvalue weighted by atomic mass is 9.82. The van der Waals surface area contributed by atoms with Gasteiger partial charge in [-0.2, -0.15) is 0 Å². The maximum atomic E-state index is 13.3. The normalized spacial score (nSPS) is 19.0. The van der Waals surface area contributed by atoms with Crippen molar-refractivity contribution in [1.82, 2.24) is 15.2 Å². The average molecular weight is 593 g/mol. The van der Waals surface area contributed by atoms with Gasteiger partial charge in [-0.3, -0.25) is 14.9 Å². The minimum atomic E-state index is -3.82. The molecule has 3 heterocycles. The second-order valence-electron chi connectivity index (χ2n) is 9.69. The number of anilines is 1. The Labute approximate surface area is 236 Å². The van der Waals surface area contributed by atoms with Gasteiger partial charge in [0.05, 0.1) is 17.9 Å². The van der Waals surface area contributed by atoms with Crippen LogP contribution in [0.4, 0.5) is 24.2 Å². The first kappa shape index (κ1) is 30.0. The number of benzene rings is 1. The molecule has 1 aromatic heterocycles. The summed E-state index contributed by atoms with van der Waals surface area (Å²) >= 11 is 0. The molecule has 0 radical (unpaired) electrons. The van der Waals surface area contributed by atoms with Crippen LogP contribution in [0.15, 0.2) is 36.5 Å². The molecule has 2 aliphatic heterocycles. The van der Waals surface area contributed by atoms with Gasteiger partial charge in [-0.05, 0) is 48.7 Å². The van der Waals surface area contributed by atoms with E-state index in [1.54, 1.807) is 13.8 Å². The first-order valence-corrected chi connectivity index (χ1v) is 12.6. The zero-order chi connectivity index (χ0) is 30.8. The summed E-state index contributed by atoms with van der Waals surface area (Å²) in [4.78, 5) is 65.7. The van der Waals surface area contributed by atoms with E-state index in [4.69, 9.17) is 9.47 Å². The fourth-order valence-electron chi connectivity index (χ4n) is 4.20. The quantitative estimate of drug-likeness (QED) is 0.221. The zero-order valence-corrected chi connectivity index (χ0v) is 22.5. The number of imide groups is 1. The number of β-lactam (4-membered cyclic amide) rings is 1. The van der Waals surface area contributed by atoms with Crippen LogP contribution in [0.3, 0.4) is 0 Å². The number of nitrogens with one attached hydrogen (secondary N) is 2. The second kappa shape index (κ2) is 11.8. The fourth-order valence-corrected chi connectivity index (χ4v) is 4.20. The predicted molar refractivity (Wildman–Crippen MR) is 135 cm³/mol. The fraction of sp³-hybridized carbons (Fsp3) is 0.385. The molecule has 0 saturated carbocycles. The lowest BCUT2D eigenvalue weighted by molar-refractivity contribution is -0.286. The Bertz CT molecular complexity index is 1420. The summed E-state index contributed by atoms with van der Waals surface area (Å²) in [5.41, 5.74) is 0.773. The van der Waals surface area contributed by atoms with Crippen LogP contribution in [-0.2, 0) is 30.3 Å². The third-order valence-corrected chi connectivity index (χ3v) is 6.32. The molecule has 2 aromatic rings. The lowest BCUT2D eigenvalue weighted by Gasteiger charge is -2.43. The number of aromatic nitrogens is 1. The van der Waals surface area contributed by atoms with Crippen LogP contribution in [0.5, 0.6) is 11.5 Å². The van der Waals surface area contributed by atoms with Crippen molar-refractivity contribution in [3.05, 3.63) is 47.7 Å². The van der Waals surface area contributed by atoms with Crippen LogP contribution in [-0.4, -0.2) is 64.1 Å². The van der Waals surface area contributed by atoms with Gasteiger partial charge in [0, 0.05) is 6.20 Å². The molecule has 0 aliphatic carbocycles. The molecule has 1 aromatic carbocycles. The van der Waals surface area contributed by atoms with Crippen molar-refractivity contribution >= 4 is 35.8 Å². The number of hydrogen-bond acceptors (Lipinski definition) is 10. The molecule has 14 nitrogen and oxygen atoms in total. The van der Waals surface area contributed by atoms with Crippen LogP contribution >= 0.6 is 0 Å². The molecule has 1 saturated heterocycles. The second-order valence-corrected chi connectivity index (χ2v) is 9.69. The topological polar surface area (TPSA) is 183 Å². The SMILES string of the molecule is CC(C)C(=O)OCOC(=O)Nc1cc(C[C@H]2C(=O)N(C(=O)NC(C)c3ccc4c(c3)OC(F)(F)O4)C2C(=O)O)ccn1. The number of urea groups is 1. The Kier molecular flexibility index (Phi) is 8.44. The van der Waals surface area contributed by atoms with Crippen LogP contribution in [0.2, 0.25) is 0 Å². The minimum absolute atomic E-state index is 0.0243. The van der Waals surface area contributed by atoms with Gasteiger partial charge in [0.25, 0.3) is 0 Å². The molecule has 1 fully saturated rings. The molecular weight excluding hydrogens is 566 g/mol. The highest BCUT2D eigenvalue weighted by molar-refractivity contribution is 6.07. The van der Waals surface area contributed by atoms with Gasteiger partial charge in [0.2, 0.25) is 12.7 Å². The van der Waals surface area contributed by atoms with Crippen LogP contribution in [0.1, 0.15) is 37.9 Å². The number of carboxylic acids is 1. The summed E-state index contributed by atoms with van der Waals surface area (Å²) in [6.07, 6.45) is -3.56. The number of esters is 1. The highest BCUT2D eigenvalue weighted by Crippen LogP contribution is 2.42. The molecule has 0 spiro atoms. The monoisotopic (exact) mass is 592 g/mol. The third-order valence-electron chi connectivity index (χ3n) is 6.32. The van der Waals surface area contributed by atoms with Crippen molar-refractivity contribution in [3.63, 3.8) is 0 Å². The maximum Gasteiger partial charge on any atom is 0.586 e. The molecule has 42 heavy (non-hydrogen) atoms. The van der Waals surface area contributed by atoms with Crippen molar-refractivity contribution in [1.29, 1.82) is 0 Å². The van der Waals surface area contributed by atoms with E-state index in [-0.39, 0.29) is 23.7 Å². The largest absolute Gasteiger partial charge is 0.586 e. The van der Waals surface area contributed by atoms with Gasteiger partial charge in [-0.15, -0.1) is 8.78 Å². The molecule has 4 rings (SSSR count). The average Bonchev–Trinajstić information content (AvgIpc) is 3.22. The van der Waals surface area contributed by atoms with Crippen molar-refractivity contribution < 1.29 is 56.8 Å². The number of carbonyl (C=O) groups excluding carboxylic acids is 4. The first-order valence-electron chi connectivity index (χ1n) is 12.6. The number of aliphatic carboxylic acids is 1. The van der Waals surface area contributed by atoms with E-state index in [2.05, 4.69) is 25.1 Å². The van der Waals surface area contributed by atoms with Gasteiger partial charge in [-0.1, -0.05) is 19.9 Å². The van der Waals surface area contributed by atoms with E-state index in [9.17, 15) is 37.9 Å². The summed E-state index contributed by atoms with van der Waals surface area (Å²) in [5.74, 6) is -4.64. The molecular formula is C26H26F2N4O10. The smallest absolute Gasteiger partial charge is 0.480 e. The molecule has 3 N–H and O–H groups in total. The van der Waals surface area contributed by atoms with Gasteiger partial charge in [-0.25, -0.2) is 24.3 Å². The van der Waals surface area contributed by atoms with Crippen molar-refractivity contribution in [2.24, 2.45) is 11.8 Å². The molecule has 2 unspecified atom stereocenters. The van der Waals surface area contributed by atoms with E-state index in [1.165, 1.54) is 43.5 Å². The standard InChI is InChI=1S/C26H26F2N4O10/c1-12(2)23(36)39-11-40-25(38)31-19-9-14(6-7-29-19)8-16-20(22(34)35)32(21(16)33)24(37)30-13(3)15-4-5-17-18(10-15)42-26(27,28)41-17/h4-7,9-10,12-13,16,20H,8,11H2,1-3H3,(H,30,37)(H,34,35)(H,29,31,38)/t13?,16-,20?/m1/s1. The van der Waals surface area contributed by atoms with Crippen molar-refractivity contribution in [3.8, 4) is 11.5 Å². The molecule has 4 amide bonds. The molecule has 2 aliphatic rings. The number of hydrogen-bond donors (Lipinski definition) is 3. The van der Waals surface area contributed by atoms with Crippen LogP contribution in [0, 0.1) is 11.8 Å². The first-order chi connectivity index (χ1) is 19.8. The number of amides is 4. The van der Waals surface area contributed by atoms with Gasteiger partial charge < -0.3 is 29.4 Å². The summed E-state index contributed by atoms with van der Waals surface area (Å²) in [7, 11) is 0. The van der Waals surface area contributed by atoms with Gasteiger partial charge >= 0.3 is 30.4 Å². The Morgan fingerprint density at radius 3 is 2.50 bits per heavy atom. The van der Waals surface area contributed by atoms with Crippen LogP contribution in [0.25, 0.3) is 0 Å². The summed E-state index contributed by atoms with van der Waals surface area (Å²) in [6.45, 7) is 4.12. The van der Waals surface area contributed by atoms with E-state index in [0.717, 1.165) is 0 Å². The summed E-state index contributed by atoms with van der Waals surface area (Å²) < 4.78 is 44.9. The number of fused-ring (bicyclic) bond motifs is 1. The van der Waals surface area contributed by atoms with E-state index < -0.39 is 67.0 Å². The van der Waals surface area contributed by atoms with Crippen LogP contribution < -0.4 is 20.1 Å². The van der Waals surface area contributed by atoms with Gasteiger partial charge in [0.1, 0.15) is 5.82 Å². The molecule has 3 atom stereocenters. The maximum absolute atomic E-state index is 13.3. The predicted octanol–water partition coefficient (Wildman–Crippen LogP) is 3.03. The summed E-state index contributed by atoms with van der Waals surface area (Å²) in [5, 5.41) is 14.6. The Morgan fingerprint density at radius 1 is 1.10 bits per heavy atom. The molecule has 0 bridgehead atoms. The minimum Gasteiger partial charge on any atom is -0.480 e. The van der Waals surface area contributed by atoms with E-state index in [1.807, 2.05) is 0 Å². The van der Waals surface area contributed by atoms with E-state index in [0.29, 0.717) is 16.0 Å².